The molecule has 2 rings (SSSR count). The maximum absolute atomic E-state index is 11.5. The van der Waals surface area contributed by atoms with Crippen LogP contribution in [-0.4, -0.2) is 9.78 Å². The summed E-state index contributed by atoms with van der Waals surface area (Å²) in [5.41, 5.74) is 1.00. The first kappa shape index (κ1) is 14.9. The fourth-order valence-electron chi connectivity index (χ4n) is 1.22. The van der Waals surface area contributed by atoms with E-state index in [1.165, 1.54) is 10.9 Å². The van der Waals surface area contributed by atoms with Crippen LogP contribution in [0.3, 0.4) is 0 Å². The number of halogens is 1. The molecule has 0 fully saturated rings. The van der Waals surface area contributed by atoms with Gasteiger partial charge in [-0.25, -0.2) is 4.68 Å². The van der Waals surface area contributed by atoms with Crippen LogP contribution in [0.15, 0.2) is 35.3 Å². The van der Waals surface area contributed by atoms with Gasteiger partial charge in [-0.15, -0.1) is 12.1 Å². The smallest absolute Gasteiger partial charge is 0.376 e. The number of nitrogens with zero attached hydrogens (tertiary/aromatic N) is 2. The number of anilines is 2. The molecule has 1 aromatic heterocycles. The van der Waals surface area contributed by atoms with Crippen molar-refractivity contribution in [1.29, 1.82) is 0 Å². The Kier molecular flexibility index (Phi) is 5.85. The molecule has 6 heteroatoms. The van der Waals surface area contributed by atoms with Crippen molar-refractivity contribution in [2.75, 3.05) is 5.32 Å². The molecule has 0 aliphatic carbocycles. The summed E-state index contributed by atoms with van der Waals surface area (Å²) < 4.78 is 1.19. The molecule has 1 aromatic carbocycles. The molecular formula is C11H9ClKN3O. The maximum atomic E-state index is 11.5. The average Bonchev–Trinajstić information content (AvgIpc) is 2.31. The molecule has 82 valence electrons. The predicted octanol–water partition coefficient (Wildman–Crippen LogP) is -1.02. The molecule has 0 unspecified atom stereocenters. The largest absolute Gasteiger partial charge is 1.00 e. The van der Waals surface area contributed by atoms with Crippen LogP contribution in [0, 0.1) is 6.07 Å². The first-order chi connectivity index (χ1) is 7.68. The molecule has 1 N–H and O–H groups in total. The van der Waals surface area contributed by atoms with Gasteiger partial charge in [0.25, 0.3) is 5.56 Å². The number of hydrogen-bond acceptors (Lipinski definition) is 3. The second-order valence-electron chi connectivity index (χ2n) is 3.21. The van der Waals surface area contributed by atoms with Crippen LogP contribution >= 0.6 is 11.6 Å². The summed E-state index contributed by atoms with van der Waals surface area (Å²) >= 11 is 5.90. The third kappa shape index (κ3) is 3.64. The molecule has 2 aromatic rings. The molecule has 0 saturated heterocycles. The van der Waals surface area contributed by atoms with Gasteiger partial charge in [-0.3, -0.25) is 4.79 Å². The number of hydrogen-bond donors (Lipinski definition) is 1. The molecule has 1 heterocycles. The van der Waals surface area contributed by atoms with Crippen molar-refractivity contribution in [3.8, 4) is 0 Å². The Morgan fingerprint density at radius 1 is 1.41 bits per heavy atom. The van der Waals surface area contributed by atoms with E-state index < -0.39 is 0 Å². The van der Waals surface area contributed by atoms with Gasteiger partial charge in [0.05, 0.1) is 11.9 Å². The van der Waals surface area contributed by atoms with E-state index in [1.807, 2.05) is 12.1 Å². The van der Waals surface area contributed by atoms with Crippen molar-refractivity contribution in [3.63, 3.8) is 0 Å². The van der Waals surface area contributed by atoms with E-state index in [2.05, 4.69) is 16.5 Å². The van der Waals surface area contributed by atoms with Crippen LogP contribution in [0.2, 0.25) is 5.02 Å². The first-order valence-corrected chi connectivity index (χ1v) is 5.01. The molecule has 0 amide bonds. The van der Waals surface area contributed by atoms with Gasteiger partial charge >= 0.3 is 51.4 Å². The summed E-state index contributed by atoms with van der Waals surface area (Å²) in [7, 11) is 1.55. The Balaban J connectivity index is 0.00000144. The van der Waals surface area contributed by atoms with Crippen molar-refractivity contribution < 1.29 is 51.4 Å². The predicted molar refractivity (Wildman–Crippen MR) is 63.0 cm³/mol. The van der Waals surface area contributed by atoms with Crippen molar-refractivity contribution >= 4 is 23.0 Å². The standard InChI is InChI=1S/C11H9ClN3O.K/c1-15-11(16)10(12)9(7-13-15)14-8-5-3-2-4-6-8;/h3-7,14H,1H3;/q-1;+1. The molecule has 0 saturated carbocycles. The van der Waals surface area contributed by atoms with Crippen LogP contribution in [0.4, 0.5) is 11.4 Å². The van der Waals surface area contributed by atoms with Gasteiger partial charge in [-0.05, 0) is 0 Å². The summed E-state index contributed by atoms with van der Waals surface area (Å²) in [5, 5.41) is 7.03. The fraction of sp³-hybridized carbons (Fsp3) is 0.0909. The molecule has 0 radical (unpaired) electrons. The van der Waals surface area contributed by atoms with E-state index >= 15 is 0 Å². The zero-order valence-electron chi connectivity index (χ0n) is 9.57. The number of aryl methyl sites for hydroxylation is 1. The fourth-order valence-corrected chi connectivity index (χ4v) is 1.44. The van der Waals surface area contributed by atoms with E-state index in [4.69, 9.17) is 11.6 Å². The van der Waals surface area contributed by atoms with Gasteiger partial charge in [0.1, 0.15) is 5.02 Å². The second kappa shape index (κ2) is 6.68. The third-order valence-electron chi connectivity index (χ3n) is 2.08. The maximum Gasteiger partial charge on any atom is 1.00 e. The van der Waals surface area contributed by atoms with Crippen molar-refractivity contribution in [1.82, 2.24) is 9.78 Å². The average molecular weight is 274 g/mol. The monoisotopic (exact) mass is 273 g/mol. The minimum absolute atomic E-state index is 0. The van der Waals surface area contributed by atoms with Crippen LogP contribution in [0.1, 0.15) is 0 Å². The number of benzene rings is 1. The van der Waals surface area contributed by atoms with E-state index in [-0.39, 0.29) is 62.0 Å². The minimum Gasteiger partial charge on any atom is -0.376 e. The Labute approximate surface area is 146 Å². The SMILES string of the molecule is Cn1ncc(Nc2cc[c-]cc2)c(Cl)c1=O.[K+]. The molecule has 4 nitrogen and oxygen atoms in total. The normalized spacial score (nSPS) is 9.53. The van der Waals surface area contributed by atoms with Gasteiger partial charge in [0, 0.05) is 7.05 Å². The Bertz CT molecular complexity index is 556. The molecule has 0 bridgehead atoms. The van der Waals surface area contributed by atoms with Crippen molar-refractivity contribution in [2.45, 2.75) is 0 Å². The van der Waals surface area contributed by atoms with Gasteiger partial charge in [-0.2, -0.15) is 23.3 Å². The zero-order valence-corrected chi connectivity index (χ0v) is 13.4. The minimum atomic E-state index is -0.325. The third-order valence-corrected chi connectivity index (χ3v) is 2.44. The Morgan fingerprint density at radius 3 is 2.71 bits per heavy atom. The summed E-state index contributed by atoms with van der Waals surface area (Å²) in [4.78, 5) is 11.5. The van der Waals surface area contributed by atoms with Gasteiger partial charge in [0.15, 0.2) is 0 Å². The van der Waals surface area contributed by atoms with Crippen molar-refractivity contribution in [2.24, 2.45) is 7.05 Å². The van der Waals surface area contributed by atoms with Crippen LogP contribution in [0.25, 0.3) is 0 Å². The number of aromatic nitrogens is 2. The zero-order chi connectivity index (χ0) is 11.5. The quantitative estimate of drug-likeness (QED) is 0.563. The summed E-state index contributed by atoms with van der Waals surface area (Å²) in [6.45, 7) is 0. The molecule has 0 aliphatic rings. The summed E-state index contributed by atoms with van der Waals surface area (Å²) in [6.07, 6.45) is 1.51. The molecule has 0 aliphatic heterocycles. The van der Waals surface area contributed by atoms with Gasteiger partial charge in [0.2, 0.25) is 0 Å². The first-order valence-electron chi connectivity index (χ1n) is 4.63. The van der Waals surface area contributed by atoms with E-state index in [0.717, 1.165) is 5.69 Å². The van der Waals surface area contributed by atoms with Gasteiger partial charge in [-0.1, -0.05) is 17.3 Å². The van der Waals surface area contributed by atoms with Crippen LogP contribution in [-0.2, 0) is 7.05 Å². The molecule has 0 spiro atoms. The van der Waals surface area contributed by atoms with E-state index in [9.17, 15) is 4.79 Å². The Hall–Kier alpha value is -0.174. The van der Waals surface area contributed by atoms with Crippen LogP contribution < -0.4 is 62.3 Å². The summed E-state index contributed by atoms with van der Waals surface area (Å²) in [6, 6.07) is 10.1. The summed E-state index contributed by atoms with van der Waals surface area (Å²) in [5.74, 6) is 0. The van der Waals surface area contributed by atoms with Gasteiger partial charge < -0.3 is 5.32 Å². The second-order valence-corrected chi connectivity index (χ2v) is 3.59. The van der Waals surface area contributed by atoms with E-state index in [1.54, 1.807) is 19.2 Å². The van der Waals surface area contributed by atoms with Crippen LogP contribution in [0.5, 0.6) is 0 Å². The van der Waals surface area contributed by atoms with E-state index in [0.29, 0.717) is 5.69 Å². The van der Waals surface area contributed by atoms with Crippen molar-refractivity contribution in [3.05, 3.63) is 51.9 Å². The number of nitrogens with one attached hydrogen (secondary N) is 1. The Morgan fingerprint density at radius 2 is 2.06 bits per heavy atom. The molecular weight excluding hydrogens is 265 g/mol. The molecule has 0 atom stereocenters. The molecule has 17 heavy (non-hydrogen) atoms. The topological polar surface area (TPSA) is 46.9 Å². The number of rotatable bonds is 2.